The molecule has 0 aliphatic heterocycles. The molecule has 0 aliphatic carbocycles. The standard InChI is InChI=1S/C10H22ClO2P/c1-3-5-7-8-10-14(11,12)13-9-6-4-2/h3-10H2,1-2H3. The average Bonchev–Trinajstić information content (AvgIpc) is 2.13. The molecular formula is C10H22ClO2P. The maximum absolute atomic E-state index is 11.6. The van der Waals surface area contributed by atoms with E-state index in [9.17, 15) is 4.57 Å². The summed E-state index contributed by atoms with van der Waals surface area (Å²) in [5.74, 6) is 0. The number of unbranched alkanes of at least 4 members (excludes halogenated alkanes) is 4. The van der Waals surface area contributed by atoms with Gasteiger partial charge in [-0.05, 0) is 24.1 Å². The molecule has 4 heteroatoms. The van der Waals surface area contributed by atoms with Gasteiger partial charge >= 0.3 is 0 Å². The predicted molar refractivity (Wildman–Crippen MR) is 63.3 cm³/mol. The maximum atomic E-state index is 11.6. The van der Waals surface area contributed by atoms with Gasteiger partial charge in [-0.2, -0.15) is 0 Å². The number of hydrogen-bond donors (Lipinski definition) is 0. The Kier molecular flexibility index (Phi) is 9.06. The van der Waals surface area contributed by atoms with Crippen molar-refractivity contribution in [2.75, 3.05) is 12.8 Å². The number of rotatable bonds is 9. The molecule has 1 unspecified atom stereocenters. The minimum atomic E-state index is -2.79. The molecule has 86 valence electrons. The van der Waals surface area contributed by atoms with Gasteiger partial charge in [-0.3, -0.25) is 4.57 Å². The molecule has 0 aromatic rings. The van der Waals surface area contributed by atoms with E-state index in [0.29, 0.717) is 12.8 Å². The molecule has 14 heavy (non-hydrogen) atoms. The van der Waals surface area contributed by atoms with E-state index in [1.165, 1.54) is 12.8 Å². The molecule has 0 spiro atoms. The molecule has 0 aromatic heterocycles. The smallest absolute Gasteiger partial charge is 0.290 e. The van der Waals surface area contributed by atoms with Gasteiger partial charge in [0.2, 0.25) is 0 Å². The zero-order valence-corrected chi connectivity index (χ0v) is 10.9. The second kappa shape index (κ2) is 8.76. The summed E-state index contributed by atoms with van der Waals surface area (Å²) in [6.07, 6.45) is 6.90. The minimum Gasteiger partial charge on any atom is -0.318 e. The van der Waals surface area contributed by atoms with Crippen molar-refractivity contribution in [2.45, 2.75) is 52.4 Å². The second-order valence-electron chi connectivity index (χ2n) is 3.56. The summed E-state index contributed by atoms with van der Waals surface area (Å²) in [5, 5.41) is 0. The van der Waals surface area contributed by atoms with Gasteiger partial charge in [-0.15, -0.1) is 0 Å². The fourth-order valence-electron chi connectivity index (χ4n) is 1.14. The van der Waals surface area contributed by atoms with Crippen LogP contribution in [0.4, 0.5) is 0 Å². The fourth-order valence-corrected chi connectivity index (χ4v) is 2.83. The third kappa shape index (κ3) is 9.05. The van der Waals surface area contributed by atoms with E-state index < -0.39 is 6.72 Å². The van der Waals surface area contributed by atoms with Crippen LogP contribution in [0.15, 0.2) is 0 Å². The van der Waals surface area contributed by atoms with Crippen molar-refractivity contribution >= 4 is 18.0 Å². The molecule has 0 heterocycles. The van der Waals surface area contributed by atoms with Crippen molar-refractivity contribution in [3.8, 4) is 0 Å². The van der Waals surface area contributed by atoms with Crippen molar-refractivity contribution in [1.82, 2.24) is 0 Å². The summed E-state index contributed by atoms with van der Waals surface area (Å²) in [6.45, 7) is 1.97. The first-order chi connectivity index (χ1) is 6.62. The van der Waals surface area contributed by atoms with Crippen LogP contribution in [0.2, 0.25) is 0 Å². The van der Waals surface area contributed by atoms with Gasteiger partial charge in [-0.1, -0.05) is 39.5 Å². The van der Waals surface area contributed by atoms with Gasteiger partial charge in [0.1, 0.15) is 0 Å². The van der Waals surface area contributed by atoms with Crippen LogP contribution in [0.3, 0.4) is 0 Å². The summed E-state index contributed by atoms with van der Waals surface area (Å²) in [7, 11) is 0. The van der Waals surface area contributed by atoms with Crippen molar-refractivity contribution in [3.05, 3.63) is 0 Å². The second-order valence-corrected chi connectivity index (χ2v) is 6.99. The van der Waals surface area contributed by atoms with E-state index in [-0.39, 0.29) is 0 Å². The summed E-state index contributed by atoms with van der Waals surface area (Å²) in [4.78, 5) is 0. The monoisotopic (exact) mass is 240 g/mol. The van der Waals surface area contributed by atoms with E-state index >= 15 is 0 Å². The molecule has 0 amide bonds. The minimum absolute atomic E-state index is 0.526. The third-order valence-electron chi connectivity index (χ3n) is 2.06. The van der Waals surface area contributed by atoms with Gasteiger partial charge in [0.25, 0.3) is 6.72 Å². The van der Waals surface area contributed by atoms with E-state index in [1.54, 1.807) is 0 Å². The van der Waals surface area contributed by atoms with E-state index in [1.807, 2.05) is 0 Å². The Hall–Kier alpha value is 0.480. The Morgan fingerprint density at radius 2 is 1.71 bits per heavy atom. The van der Waals surface area contributed by atoms with Crippen molar-refractivity contribution in [1.29, 1.82) is 0 Å². The lowest BCUT2D eigenvalue weighted by molar-refractivity contribution is 0.315. The normalized spacial score (nSPS) is 15.4. The third-order valence-corrected chi connectivity index (χ3v) is 4.28. The van der Waals surface area contributed by atoms with Crippen molar-refractivity contribution < 1.29 is 9.09 Å². The highest BCUT2D eigenvalue weighted by Gasteiger charge is 2.17. The molecule has 0 fully saturated rings. The summed E-state index contributed by atoms with van der Waals surface area (Å²) < 4.78 is 16.8. The lowest BCUT2D eigenvalue weighted by Crippen LogP contribution is -1.93. The lowest BCUT2D eigenvalue weighted by Gasteiger charge is -2.10. The molecule has 0 bridgehead atoms. The zero-order chi connectivity index (χ0) is 10.9. The fraction of sp³-hybridized carbons (Fsp3) is 1.00. The van der Waals surface area contributed by atoms with Crippen LogP contribution in [0, 0.1) is 0 Å². The predicted octanol–water partition coefficient (Wildman–Crippen LogP) is 4.82. The molecule has 0 radical (unpaired) electrons. The first kappa shape index (κ1) is 14.5. The molecule has 2 nitrogen and oxygen atoms in total. The highest BCUT2D eigenvalue weighted by Crippen LogP contribution is 2.53. The molecule has 0 aromatic carbocycles. The molecular weight excluding hydrogens is 219 g/mol. The molecule has 0 rings (SSSR count). The van der Waals surface area contributed by atoms with E-state index in [0.717, 1.165) is 25.7 Å². The van der Waals surface area contributed by atoms with E-state index in [2.05, 4.69) is 13.8 Å². The van der Waals surface area contributed by atoms with Crippen molar-refractivity contribution in [3.63, 3.8) is 0 Å². The van der Waals surface area contributed by atoms with E-state index in [4.69, 9.17) is 15.8 Å². The van der Waals surface area contributed by atoms with Crippen molar-refractivity contribution in [2.24, 2.45) is 0 Å². The largest absolute Gasteiger partial charge is 0.318 e. The highest BCUT2D eigenvalue weighted by atomic mass is 35.7. The highest BCUT2D eigenvalue weighted by molar-refractivity contribution is 7.85. The molecule has 1 atom stereocenters. The quantitative estimate of drug-likeness (QED) is 0.427. The summed E-state index contributed by atoms with van der Waals surface area (Å²) in [6, 6.07) is 0. The maximum Gasteiger partial charge on any atom is 0.290 e. The van der Waals surface area contributed by atoms with Crippen LogP contribution >= 0.6 is 18.0 Å². The first-order valence-corrected chi connectivity index (χ1v) is 8.27. The van der Waals surface area contributed by atoms with Crippen LogP contribution in [0.25, 0.3) is 0 Å². The number of halogens is 1. The SMILES string of the molecule is CCCCCCP(=O)(Cl)OCCCC. The molecule has 0 saturated heterocycles. The topological polar surface area (TPSA) is 26.3 Å². The Morgan fingerprint density at radius 1 is 1.07 bits per heavy atom. The zero-order valence-electron chi connectivity index (χ0n) is 9.30. The summed E-state index contributed by atoms with van der Waals surface area (Å²) in [5.41, 5.74) is 0. The Bertz CT molecular complexity index is 174. The van der Waals surface area contributed by atoms with Crippen LogP contribution in [-0.4, -0.2) is 12.8 Å². The molecule has 0 N–H and O–H groups in total. The molecule has 0 aliphatic rings. The first-order valence-electron chi connectivity index (χ1n) is 5.55. The van der Waals surface area contributed by atoms with Gasteiger partial charge < -0.3 is 4.52 Å². The van der Waals surface area contributed by atoms with Gasteiger partial charge in [0.05, 0.1) is 6.61 Å². The number of hydrogen-bond acceptors (Lipinski definition) is 2. The van der Waals surface area contributed by atoms with Crippen LogP contribution in [0.1, 0.15) is 52.4 Å². The van der Waals surface area contributed by atoms with Crippen LogP contribution < -0.4 is 0 Å². The average molecular weight is 241 g/mol. The van der Waals surface area contributed by atoms with Gasteiger partial charge in [0.15, 0.2) is 0 Å². The Balaban J connectivity index is 3.46. The Morgan fingerprint density at radius 3 is 2.29 bits per heavy atom. The van der Waals surface area contributed by atoms with Crippen LogP contribution in [0.5, 0.6) is 0 Å². The Labute approximate surface area is 92.6 Å². The summed E-state index contributed by atoms with van der Waals surface area (Å²) >= 11 is 5.78. The molecule has 0 saturated carbocycles. The van der Waals surface area contributed by atoms with Gasteiger partial charge in [-0.25, -0.2) is 0 Å². The van der Waals surface area contributed by atoms with Gasteiger partial charge in [0, 0.05) is 6.16 Å². The lowest BCUT2D eigenvalue weighted by atomic mass is 10.2. The van der Waals surface area contributed by atoms with Crippen LogP contribution in [-0.2, 0) is 9.09 Å².